The molecule has 1 aliphatic rings. The highest BCUT2D eigenvalue weighted by Gasteiger charge is 2.30. The Morgan fingerprint density at radius 1 is 1.04 bits per heavy atom. The van der Waals surface area contributed by atoms with Gasteiger partial charge in [-0.05, 0) is 29.8 Å². The maximum Gasteiger partial charge on any atom is 0.416 e. The molecule has 3 nitrogen and oxygen atoms in total. The molecule has 0 aliphatic heterocycles. The van der Waals surface area contributed by atoms with Gasteiger partial charge in [0.15, 0.2) is 5.78 Å². The summed E-state index contributed by atoms with van der Waals surface area (Å²) in [6.45, 7) is 0. The number of rotatable bonds is 3. The monoisotopic (exact) mass is 320 g/mol. The Kier molecular flexibility index (Phi) is 4.74. The van der Waals surface area contributed by atoms with Crippen molar-refractivity contribution in [2.75, 3.05) is 0 Å². The van der Waals surface area contributed by atoms with E-state index in [0.29, 0.717) is 5.56 Å². The summed E-state index contributed by atoms with van der Waals surface area (Å²) >= 11 is 0. The summed E-state index contributed by atoms with van der Waals surface area (Å²) in [5, 5.41) is 0. The first kappa shape index (κ1) is 16.6. The number of allylic oxidation sites excluding steroid dienone is 5. The molecule has 0 heterocycles. The summed E-state index contributed by atoms with van der Waals surface area (Å²) in [6.07, 6.45) is 3.13. The average Bonchev–Trinajstić information content (AvgIpc) is 2.67. The molecule has 0 radical (unpaired) electrons. The van der Waals surface area contributed by atoms with Crippen molar-refractivity contribution in [3.05, 3.63) is 65.8 Å². The Labute approximate surface area is 129 Å². The Morgan fingerprint density at radius 3 is 2.30 bits per heavy atom. The molecule has 23 heavy (non-hydrogen) atoms. The second-order valence-corrected chi connectivity index (χ2v) is 4.81. The minimum absolute atomic E-state index is 0.376. The van der Waals surface area contributed by atoms with Gasteiger partial charge in [-0.3, -0.25) is 14.4 Å². The van der Waals surface area contributed by atoms with Gasteiger partial charge in [-0.25, -0.2) is 0 Å². The molecule has 0 bridgehead atoms. The van der Waals surface area contributed by atoms with Crippen LogP contribution in [-0.2, 0) is 20.6 Å². The number of ketones is 3. The Bertz CT molecular complexity index is 722. The second-order valence-electron chi connectivity index (χ2n) is 4.81. The van der Waals surface area contributed by atoms with E-state index in [1.807, 2.05) is 0 Å². The summed E-state index contributed by atoms with van der Waals surface area (Å²) in [6, 6.07) is 4.22. The van der Waals surface area contributed by atoms with Crippen LogP contribution in [0, 0.1) is 5.92 Å². The van der Waals surface area contributed by atoms with Crippen LogP contribution in [0.3, 0.4) is 0 Å². The fraction of sp³-hybridized carbons (Fsp3) is 0.118. The standard InChI is InChI=1S/C17H11F3O3/c18-17(19,20)12-8-5-11(6-9-12)7-10-14(21)13-3-1-2-4-15(22)16(13)23/h1-10,13H/b10-7+. The smallest absolute Gasteiger partial charge is 0.294 e. The number of halogens is 3. The first-order chi connectivity index (χ1) is 10.8. The lowest BCUT2D eigenvalue weighted by molar-refractivity contribution is -0.138. The number of carbonyl (C=O) groups is 3. The van der Waals surface area contributed by atoms with E-state index in [1.54, 1.807) is 0 Å². The Morgan fingerprint density at radius 2 is 1.70 bits per heavy atom. The molecule has 0 amide bonds. The van der Waals surface area contributed by atoms with E-state index in [9.17, 15) is 27.6 Å². The molecule has 0 aromatic heterocycles. The third-order valence-corrected chi connectivity index (χ3v) is 3.17. The SMILES string of the molecule is O=C1C=CC=CC(C(=O)/C=C/c2ccc(C(F)(F)F)cc2)C1=O. The lowest BCUT2D eigenvalue weighted by Crippen LogP contribution is -2.26. The van der Waals surface area contributed by atoms with E-state index in [2.05, 4.69) is 0 Å². The lowest BCUT2D eigenvalue weighted by atomic mass is 9.96. The van der Waals surface area contributed by atoms with E-state index in [-0.39, 0.29) is 0 Å². The predicted molar refractivity (Wildman–Crippen MR) is 77.3 cm³/mol. The highest BCUT2D eigenvalue weighted by atomic mass is 19.4. The molecule has 1 unspecified atom stereocenters. The molecular weight excluding hydrogens is 309 g/mol. The van der Waals surface area contributed by atoms with Crippen molar-refractivity contribution in [2.45, 2.75) is 6.18 Å². The number of hydrogen-bond acceptors (Lipinski definition) is 3. The molecule has 1 atom stereocenters. The molecule has 118 valence electrons. The van der Waals surface area contributed by atoms with Crippen LogP contribution < -0.4 is 0 Å². The van der Waals surface area contributed by atoms with Crippen molar-refractivity contribution in [1.82, 2.24) is 0 Å². The van der Waals surface area contributed by atoms with Crippen LogP contribution >= 0.6 is 0 Å². The summed E-state index contributed by atoms with van der Waals surface area (Å²) < 4.78 is 37.3. The molecule has 2 rings (SSSR count). The lowest BCUT2D eigenvalue weighted by Gasteiger charge is -2.06. The van der Waals surface area contributed by atoms with Crippen LogP contribution in [0.4, 0.5) is 13.2 Å². The predicted octanol–water partition coefficient (Wildman–Crippen LogP) is 3.17. The molecule has 0 saturated heterocycles. The number of Topliss-reactive ketones (excluding diaryl/α,β-unsaturated/α-hetero) is 1. The van der Waals surface area contributed by atoms with Gasteiger partial charge in [0.1, 0.15) is 5.92 Å². The number of benzene rings is 1. The van der Waals surface area contributed by atoms with Gasteiger partial charge >= 0.3 is 6.18 Å². The largest absolute Gasteiger partial charge is 0.416 e. The zero-order valence-electron chi connectivity index (χ0n) is 11.7. The van der Waals surface area contributed by atoms with Gasteiger partial charge in [0.05, 0.1) is 5.56 Å². The van der Waals surface area contributed by atoms with E-state index < -0.39 is 35.0 Å². The Balaban J connectivity index is 2.12. The van der Waals surface area contributed by atoms with E-state index in [4.69, 9.17) is 0 Å². The fourth-order valence-corrected chi connectivity index (χ4v) is 1.93. The zero-order valence-corrected chi connectivity index (χ0v) is 11.7. The van der Waals surface area contributed by atoms with Crippen LogP contribution in [0.1, 0.15) is 11.1 Å². The van der Waals surface area contributed by atoms with Crippen LogP contribution in [0.2, 0.25) is 0 Å². The molecule has 1 aromatic carbocycles. The summed E-state index contributed by atoms with van der Waals surface area (Å²) in [5.41, 5.74) is -0.416. The zero-order chi connectivity index (χ0) is 17.0. The van der Waals surface area contributed by atoms with Gasteiger partial charge in [-0.1, -0.05) is 36.4 Å². The minimum Gasteiger partial charge on any atom is -0.294 e. The van der Waals surface area contributed by atoms with Gasteiger partial charge in [0.2, 0.25) is 11.6 Å². The maximum atomic E-state index is 12.4. The molecule has 0 fully saturated rings. The normalized spacial score (nSPS) is 18.5. The quantitative estimate of drug-likeness (QED) is 0.488. The van der Waals surface area contributed by atoms with Crippen LogP contribution in [0.25, 0.3) is 6.08 Å². The first-order valence-corrected chi connectivity index (χ1v) is 6.61. The summed E-state index contributed by atoms with van der Waals surface area (Å²) in [5.74, 6) is -3.42. The van der Waals surface area contributed by atoms with Gasteiger partial charge in [0, 0.05) is 0 Å². The number of alkyl halides is 3. The molecule has 1 aromatic rings. The van der Waals surface area contributed by atoms with Gasteiger partial charge in [-0.15, -0.1) is 0 Å². The van der Waals surface area contributed by atoms with Crippen LogP contribution in [0.5, 0.6) is 0 Å². The van der Waals surface area contributed by atoms with E-state index >= 15 is 0 Å². The molecule has 1 aliphatic carbocycles. The van der Waals surface area contributed by atoms with Gasteiger partial charge in [0.25, 0.3) is 0 Å². The fourth-order valence-electron chi connectivity index (χ4n) is 1.93. The third kappa shape index (κ3) is 4.12. The average molecular weight is 320 g/mol. The summed E-state index contributed by atoms with van der Waals surface area (Å²) in [7, 11) is 0. The van der Waals surface area contributed by atoms with Gasteiger partial charge < -0.3 is 0 Å². The van der Waals surface area contributed by atoms with Crippen LogP contribution in [0.15, 0.2) is 54.6 Å². The van der Waals surface area contributed by atoms with Crippen molar-refractivity contribution in [3.63, 3.8) is 0 Å². The van der Waals surface area contributed by atoms with Crippen molar-refractivity contribution in [1.29, 1.82) is 0 Å². The Hall–Kier alpha value is -2.76. The molecule has 0 saturated carbocycles. The van der Waals surface area contributed by atoms with Crippen molar-refractivity contribution >= 4 is 23.4 Å². The highest BCUT2D eigenvalue weighted by molar-refractivity contribution is 6.46. The first-order valence-electron chi connectivity index (χ1n) is 6.61. The highest BCUT2D eigenvalue weighted by Crippen LogP contribution is 2.29. The van der Waals surface area contributed by atoms with E-state index in [0.717, 1.165) is 24.3 Å². The summed E-state index contributed by atoms with van der Waals surface area (Å²) in [4.78, 5) is 35.1. The molecular formula is C17H11F3O3. The third-order valence-electron chi connectivity index (χ3n) is 3.17. The van der Waals surface area contributed by atoms with Crippen molar-refractivity contribution < 1.29 is 27.6 Å². The maximum absolute atomic E-state index is 12.4. The van der Waals surface area contributed by atoms with E-state index in [1.165, 1.54) is 36.4 Å². The molecule has 6 heteroatoms. The van der Waals surface area contributed by atoms with Crippen LogP contribution in [-0.4, -0.2) is 17.3 Å². The minimum atomic E-state index is -4.43. The van der Waals surface area contributed by atoms with Gasteiger partial charge in [-0.2, -0.15) is 13.2 Å². The molecule has 0 spiro atoms. The number of carbonyl (C=O) groups excluding carboxylic acids is 3. The molecule has 0 N–H and O–H groups in total. The van der Waals surface area contributed by atoms with Crippen molar-refractivity contribution in [2.24, 2.45) is 5.92 Å². The van der Waals surface area contributed by atoms with Crippen molar-refractivity contribution in [3.8, 4) is 0 Å². The second kappa shape index (κ2) is 6.56. The topological polar surface area (TPSA) is 51.2 Å². The number of hydrogen-bond donors (Lipinski definition) is 0.